The van der Waals surface area contributed by atoms with Crippen LogP contribution in [0.4, 0.5) is 5.69 Å². The van der Waals surface area contributed by atoms with Crippen molar-refractivity contribution in [3.05, 3.63) is 33.8 Å². The van der Waals surface area contributed by atoms with E-state index >= 15 is 0 Å². The Balaban J connectivity index is 3.23. The minimum atomic E-state index is 0.666. The minimum Gasteiger partial charge on any atom is -0.398 e. The lowest BCUT2D eigenvalue weighted by atomic mass is 10.0. The third kappa shape index (κ3) is 2.26. The molecule has 0 bridgehead atoms. The summed E-state index contributed by atoms with van der Waals surface area (Å²) in [6.45, 7) is 5.96. The molecule has 3 heteroatoms. The van der Waals surface area contributed by atoms with Crippen molar-refractivity contribution in [3.63, 3.8) is 0 Å². The summed E-state index contributed by atoms with van der Waals surface area (Å²) in [5.41, 5.74) is 8.48. The van der Waals surface area contributed by atoms with Crippen LogP contribution in [-0.4, -0.2) is 0 Å². The molecule has 0 fully saturated rings. The highest BCUT2D eigenvalue weighted by Crippen LogP contribution is 2.31. The molecule has 0 heterocycles. The lowest BCUT2D eigenvalue weighted by molar-refractivity contribution is 1.25. The predicted octanol–water partition coefficient (Wildman–Crippen LogP) is 4.11. The summed E-state index contributed by atoms with van der Waals surface area (Å²) in [6, 6.07) is 3.64. The highest BCUT2D eigenvalue weighted by atomic mass is 79.9. The molecule has 0 atom stereocenters. The number of anilines is 1. The van der Waals surface area contributed by atoms with Crippen LogP contribution in [0.5, 0.6) is 0 Å². The average Bonchev–Trinajstić information content (AvgIpc) is 2.10. The van der Waals surface area contributed by atoms with Gasteiger partial charge in [-0.15, -0.1) is 0 Å². The summed E-state index contributed by atoms with van der Waals surface area (Å²) >= 11 is 9.25. The van der Waals surface area contributed by atoms with Crippen LogP contribution >= 0.6 is 27.5 Å². The lowest BCUT2D eigenvalue weighted by Crippen LogP contribution is -1.93. The molecule has 0 aliphatic heterocycles. The molecule has 0 amide bonds. The van der Waals surface area contributed by atoms with E-state index in [-0.39, 0.29) is 0 Å². The number of benzene rings is 1. The van der Waals surface area contributed by atoms with Gasteiger partial charge in [0.1, 0.15) is 0 Å². The van der Waals surface area contributed by atoms with Crippen molar-refractivity contribution in [2.45, 2.75) is 13.3 Å². The van der Waals surface area contributed by atoms with E-state index in [0.717, 1.165) is 22.0 Å². The number of rotatable bonds is 2. The second kappa shape index (κ2) is 4.16. The molecule has 1 rings (SSSR count). The number of hydrogen-bond acceptors (Lipinski definition) is 1. The van der Waals surface area contributed by atoms with Crippen LogP contribution < -0.4 is 5.73 Å². The van der Waals surface area contributed by atoms with Crippen LogP contribution in [0.3, 0.4) is 0 Å². The Morgan fingerprint density at radius 3 is 2.77 bits per heavy atom. The van der Waals surface area contributed by atoms with Crippen LogP contribution in [0.25, 0.3) is 5.57 Å². The zero-order valence-electron chi connectivity index (χ0n) is 7.40. The van der Waals surface area contributed by atoms with Crippen LogP contribution in [0.2, 0.25) is 5.02 Å². The normalized spacial score (nSPS) is 10.1. The van der Waals surface area contributed by atoms with Crippen LogP contribution in [0.1, 0.15) is 18.9 Å². The molecule has 1 aromatic rings. The van der Waals surface area contributed by atoms with Crippen LogP contribution in [0.15, 0.2) is 23.2 Å². The maximum absolute atomic E-state index is 5.94. The fraction of sp³-hybridized carbons (Fsp3) is 0.200. The van der Waals surface area contributed by atoms with Gasteiger partial charge in [0.05, 0.1) is 5.02 Å². The molecule has 0 aliphatic carbocycles. The first kappa shape index (κ1) is 10.6. The van der Waals surface area contributed by atoms with E-state index in [1.165, 1.54) is 0 Å². The SMILES string of the molecule is C=C(CC)c1cc(Cl)c(Br)cc1N. The summed E-state index contributed by atoms with van der Waals surface area (Å²) < 4.78 is 0.819. The molecule has 13 heavy (non-hydrogen) atoms. The van der Waals surface area contributed by atoms with Crippen molar-refractivity contribution < 1.29 is 0 Å². The van der Waals surface area contributed by atoms with E-state index in [2.05, 4.69) is 22.5 Å². The monoisotopic (exact) mass is 259 g/mol. The molecule has 0 saturated heterocycles. The number of halogens is 2. The average molecular weight is 261 g/mol. The van der Waals surface area contributed by atoms with Crippen LogP contribution in [-0.2, 0) is 0 Å². The summed E-state index contributed by atoms with van der Waals surface area (Å²) in [6.07, 6.45) is 0.877. The highest BCUT2D eigenvalue weighted by molar-refractivity contribution is 9.10. The van der Waals surface area contributed by atoms with Crippen molar-refractivity contribution in [1.82, 2.24) is 0 Å². The summed E-state index contributed by atoms with van der Waals surface area (Å²) in [7, 11) is 0. The van der Waals surface area contributed by atoms with Crippen molar-refractivity contribution in [2.24, 2.45) is 0 Å². The smallest absolute Gasteiger partial charge is 0.0555 e. The van der Waals surface area contributed by atoms with Gasteiger partial charge < -0.3 is 5.73 Å². The van der Waals surface area contributed by atoms with Gasteiger partial charge in [0.25, 0.3) is 0 Å². The van der Waals surface area contributed by atoms with E-state index in [9.17, 15) is 0 Å². The maximum Gasteiger partial charge on any atom is 0.0555 e. The van der Waals surface area contributed by atoms with Crippen molar-refractivity contribution in [1.29, 1.82) is 0 Å². The molecule has 0 unspecified atom stereocenters. The van der Waals surface area contributed by atoms with Gasteiger partial charge >= 0.3 is 0 Å². The van der Waals surface area contributed by atoms with Crippen LogP contribution in [0, 0.1) is 0 Å². The van der Waals surface area contributed by atoms with E-state index in [1.807, 2.05) is 13.0 Å². The molecule has 2 N–H and O–H groups in total. The molecule has 0 aliphatic rings. The Hall–Kier alpha value is -0.470. The molecule has 1 aromatic carbocycles. The molecule has 70 valence electrons. The Morgan fingerprint density at radius 1 is 1.62 bits per heavy atom. The Morgan fingerprint density at radius 2 is 2.23 bits per heavy atom. The molecule has 0 saturated carbocycles. The molecule has 0 radical (unpaired) electrons. The van der Waals surface area contributed by atoms with Gasteiger partial charge in [-0.25, -0.2) is 0 Å². The molecular formula is C10H11BrClN. The Labute approximate surface area is 91.7 Å². The Kier molecular flexibility index (Phi) is 3.40. The second-order valence-corrected chi connectivity index (χ2v) is 4.07. The zero-order valence-corrected chi connectivity index (χ0v) is 9.74. The fourth-order valence-electron chi connectivity index (χ4n) is 1.06. The number of nitrogens with two attached hydrogens (primary N) is 1. The van der Waals surface area contributed by atoms with Crippen molar-refractivity contribution >= 4 is 38.8 Å². The van der Waals surface area contributed by atoms with E-state index in [1.54, 1.807) is 6.07 Å². The van der Waals surface area contributed by atoms with Gasteiger partial charge in [0.15, 0.2) is 0 Å². The quantitative estimate of drug-likeness (QED) is 0.796. The largest absolute Gasteiger partial charge is 0.398 e. The van der Waals surface area contributed by atoms with E-state index in [0.29, 0.717) is 10.7 Å². The standard InChI is InChI=1S/C10H11BrClN/c1-3-6(2)7-4-9(12)8(11)5-10(7)13/h4-5H,2-3,13H2,1H3. The minimum absolute atomic E-state index is 0.666. The first-order chi connectivity index (χ1) is 6.06. The zero-order chi connectivity index (χ0) is 10.0. The number of nitrogen functional groups attached to an aromatic ring is 1. The Bertz CT molecular complexity index is 347. The first-order valence-electron chi connectivity index (χ1n) is 3.99. The van der Waals surface area contributed by atoms with Gasteiger partial charge in [-0.3, -0.25) is 0 Å². The highest BCUT2D eigenvalue weighted by Gasteiger charge is 2.06. The lowest BCUT2D eigenvalue weighted by Gasteiger charge is -2.08. The third-order valence-electron chi connectivity index (χ3n) is 1.90. The van der Waals surface area contributed by atoms with Gasteiger partial charge in [-0.2, -0.15) is 0 Å². The maximum atomic E-state index is 5.94. The van der Waals surface area contributed by atoms with Gasteiger partial charge in [-0.05, 0) is 40.1 Å². The topological polar surface area (TPSA) is 26.0 Å². The summed E-state index contributed by atoms with van der Waals surface area (Å²) in [4.78, 5) is 0. The molecule has 0 aromatic heterocycles. The van der Waals surface area contributed by atoms with E-state index < -0.39 is 0 Å². The first-order valence-corrected chi connectivity index (χ1v) is 5.16. The summed E-state index contributed by atoms with van der Waals surface area (Å²) in [5.74, 6) is 0. The van der Waals surface area contributed by atoms with Crippen molar-refractivity contribution in [3.8, 4) is 0 Å². The summed E-state index contributed by atoms with van der Waals surface area (Å²) in [5, 5.41) is 0.666. The van der Waals surface area contributed by atoms with Gasteiger partial charge in [0, 0.05) is 15.7 Å². The number of hydrogen-bond donors (Lipinski definition) is 1. The fourth-order valence-corrected chi connectivity index (χ4v) is 1.58. The molecular weight excluding hydrogens is 249 g/mol. The van der Waals surface area contributed by atoms with Gasteiger partial charge in [0.2, 0.25) is 0 Å². The predicted molar refractivity (Wildman–Crippen MR) is 62.9 cm³/mol. The molecule has 0 spiro atoms. The van der Waals surface area contributed by atoms with Crippen molar-refractivity contribution in [2.75, 3.05) is 5.73 Å². The van der Waals surface area contributed by atoms with Gasteiger partial charge in [-0.1, -0.05) is 25.1 Å². The number of allylic oxidation sites excluding steroid dienone is 1. The molecule has 1 nitrogen and oxygen atoms in total. The third-order valence-corrected chi connectivity index (χ3v) is 3.10. The second-order valence-electron chi connectivity index (χ2n) is 2.81. The van der Waals surface area contributed by atoms with E-state index in [4.69, 9.17) is 17.3 Å².